The van der Waals surface area contributed by atoms with Gasteiger partial charge in [-0.1, -0.05) is 23.9 Å². The van der Waals surface area contributed by atoms with E-state index in [4.69, 9.17) is 4.52 Å². The number of aryl methyl sites for hydroxylation is 1. The minimum atomic E-state index is 0.0795. The zero-order valence-corrected chi connectivity index (χ0v) is 15.7. The molecule has 1 aliphatic carbocycles. The van der Waals surface area contributed by atoms with Gasteiger partial charge in [0, 0.05) is 67.0 Å². The van der Waals surface area contributed by atoms with E-state index in [0.29, 0.717) is 6.54 Å². The lowest BCUT2D eigenvalue weighted by atomic mass is 10.1. The lowest BCUT2D eigenvalue weighted by Crippen LogP contribution is -2.03. The monoisotopic (exact) mass is 377 g/mol. The van der Waals surface area contributed by atoms with Gasteiger partial charge in [-0.3, -0.25) is 0 Å². The maximum absolute atomic E-state index is 9.25. The topological polar surface area (TPSA) is 84.3 Å². The van der Waals surface area contributed by atoms with E-state index in [1.807, 2.05) is 36.5 Å². The summed E-state index contributed by atoms with van der Waals surface area (Å²) in [5, 5.41) is 22.7. The van der Waals surface area contributed by atoms with Gasteiger partial charge in [-0.25, -0.2) is 4.98 Å². The molecule has 0 saturated heterocycles. The van der Waals surface area contributed by atoms with Gasteiger partial charge < -0.3 is 19.3 Å². The zero-order valence-electron chi connectivity index (χ0n) is 15.7. The van der Waals surface area contributed by atoms with Gasteiger partial charge in [0.05, 0.1) is 6.54 Å². The number of hydrogen-bond donors (Lipinski definition) is 2. The molecule has 0 spiro atoms. The smallest absolute Gasteiger partial charge is 0.167 e. The summed E-state index contributed by atoms with van der Waals surface area (Å²) in [4.78, 5) is 4.32. The molecule has 6 nitrogen and oxygen atoms in total. The Labute approximate surface area is 163 Å². The Hall–Kier alpha value is -2.88. The molecule has 2 atom stereocenters. The number of aromatic nitrogens is 3. The van der Waals surface area contributed by atoms with Crippen LogP contribution in [0.4, 0.5) is 0 Å². The van der Waals surface area contributed by atoms with Crippen molar-refractivity contribution in [1.82, 2.24) is 14.7 Å². The van der Waals surface area contributed by atoms with E-state index in [1.165, 1.54) is 0 Å². The highest BCUT2D eigenvalue weighted by atomic mass is 16.5. The van der Waals surface area contributed by atoms with Crippen LogP contribution in [0.3, 0.4) is 0 Å². The lowest BCUT2D eigenvalue weighted by Gasteiger charge is -2.02. The number of hydrogen-bond acceptors (Lipinski definition) is 5. The van der Waals surface area contributed by atoms with Crippen LogP contribution in [0.25, 0.3) is 11.3 Å². The molecule has 1 saturated carbocycles. The van der Waals surface area contributed by atoms with Gasteiger partial charge in [0.2, 0.25) is 0 Å². The van der Waals surface area contributed by atoms with Gasteiger partial charge in [0.25, 0.3) is 0 Å². The molecule has 1 fully saturated rings. The molecule has 0 amide bonds. The molecular formula is C22H23N3O3. The van der Waals surface area contributed by atoms with Gasteiger partial charge in [0.1, 0.15) is 11.5 Å². The highest BCUT2D eigenvalue weighted by Crippen LogP contribution is 2.44. The summed E-state index contributed by atoms with van der Waals surface area (Å²) in [6.07, 6.45) is 4.62. The number of benzene rings is 1. The summed E-state index contributed by atoms with van der Waals surface area (Å²) >= 11 is 0. The molecule has 2 heterocycles. The van der Waals surface area contributed by atoms with Crippen molar-refractivity contribution >= 4 is 0 Å². The van der Waals surface area contributed by atoms with Gasteiger partial charge in [-0.05, 0) is 24.3 Å². The third-order valence-electron chi connectivity index (χ3n) is 5.32. The minimum absolute atomic E-state index is 0.0795. The number of imidazole rings is 1. The first-order valence-electron chi connectivity index (χ1n) is 9.52. The van der Waals surface area contributed by atoms with Crippen LogP contribution in [0.1, 0.15) is 24.0 Å². The first-order valence-corrected chi connectivity index (χ1v) is 9.52. The first kappa shape index (κ1) is 18.5. The Morgan fingerprint density at radius 2 is 1.89 bits per heavy atom. The average molecular weight is 377 g/mol. The van der Waals surface area contributed by atoms with E-state index in [-0.39, 0.29) is 31.0 Å². The lowest BCUT2D eigenvalue weighted by molar-refractivity contribution is 0.232. The van der Waals surface area contributed by atoms with Crippen molar-refractivity contribution in [2.75, 3.05) is 13.2 Å². The Bertz CT molecular complexity index is 984. The predicted octanol–water partition coefficient (Wildman–Crippen LogP) is 2.35. The highest BCUT2D eigenvalue weighted by Gasteiger charge is 2.48. The summed E-state index contributed by atoms with van der Waals surface area (Å²) in [5.41, 5.74) is 2.69. The van der Waals surface area contributed by atoms with E-state index in [2.05, 4.69) is 33.5 Å². The molecule has 4 rings (SSSR count). The zero-order chi connectivity index (χ0) is 19.5. The largest absolute Gasteiger partial charge is 0.396 e. The molecule has 0 radical (unpaired) electrons. The van der Waals surface area contributed by atoms with E-state index >= 15 is 0 Å². The second-order valence-electron chi connectivity index (χ2n) is 7.07. The standard InChI is InChI=1S/C22H23N3O3/c1-2-22-23-9-10-25(22)12-17-11-21(28-24-17)16-6-3-15(4-7-16)5-8-18-19(13-26)20(18)14-27/h3-4,6-7,9-11,18-20,26-27H,2,12-14H2,1H3. The van der Waals surface area contributed by atoms with Gasteiger partial charge in [-0.15, -0.1) is 0 Å². The summed E-state index contributed by atoms with van der Waals surface area (Å²) in [6, 6.07) is 9.76. The molecule has 2 unspecified atom stereocenters. The van der Waals surface area contributed by atoms with Gasteiger partial charge >= 0.3 is 0 Å². The molecule has 144 valence electrons. The summed E-state index contributed by atoms with van der Waals surface area (Å²) in [7, 11) is 0. The van der Waals surface area contributed by atoms with Crippen molar-refractivity contribution < 1.29 is 14.7 Å². The van der Waals surface area contributed by atoms with Gasteiger partial charge in [-0.2, -0.15) is 0 Å². The summed E-state index contributed by atoms with van der Waals surface area (Å²) in [5.74, 6) is 8.33. The molecule has 1 aliphatic rings. The minimum Gasteiger partial charge on any atom is -0.396 e. The van der Waals surface area contributed by atoms with Gasteiger partial charge in [0.15, 0.2) is 5.76 Å². The van der Waals surface area contributed by atoms with Crippen molar-refractivity contribution in [3.05, 3.63) is 59.8 Å². The van der Waals surface area contributed by atoms with Crippen LogP contribution in [-0.4, -0.2) is 38.1 Å². The highest BCUT2D eigenvalue weighted by molar-refractivity contribution is 5.59. The van der Waals surface area contributed by atoms with Crippen LogP contribution in [0.5, 0.6) is 0 Å². The fourth-order valence-electron chi connectivity index (χ4n) is 3.54. The maximum Gasteiger partial charge on any atom is 0.167 e. The molecular weight excluding hydrogens is 354 g/mol. The molecule has 0 bridgehead atoms. The fraction of sp³-hybridized carbons (Fsp3) is 0.364. The van der Waals surface area contributed by atoms with Crippen LogP contribution < -0.4 is 0 Å². The Kier molecular flexibility index (Phi) is 5.29. The fourth-order valence-corrected chi connectivity index (χ4v) is 3.54. The van der Waals surface area contributed by atoms with E-state index in [1.54, 1.807) is 6.20 Å². The van der Waals surface area contributed by atoms with Crippen molar-refractivity contribution in [2.24, 2.45) is 17.8 Å². The van der Waals surface area contributed by atoms with E-state index in [9.17, 15) is 10.2 Å². The van der Waals surface area contributed by atoms with Crippen molar-refractivity contribution in [3.8, 4) is 23.2 Å². The summed E-state index contributed by atoms with van der Waals surface area (Å²) < 4.78 is 7.57. The van der Waals surface area contributed by atoms with Crippen LogP contribution in [0.15, 0.2) is 47.2 Å². The Morgan fingerprint density at radius 3 is 2.57 bits per heavy atom. The number of nitrogens with zero attached hydrogens (tertiary/aromatic N) is 3. The number of rotatable bonds is 6. The van der Waals surface area contributed by atoms with Crippen molar-refractivity contribution in [1.29, 1.82) is 0 Å². The molecule has 0 aliphatic heterocycles. The predicted molar refractivity (Wildman–Crippen MR) is 104 cm³/mol. The molecule has 28 heavy (non-hydrogen) atoms. The SMILES string of the molecule is CCc1nccn1Cc1cc(-c2ccc(C#CC3C(CO)C3CO)cc2)on1. The normalized spacial score (nSPS) is 20.6. The van der Waals surface area contributed by atoms with Crippen LogP contribution in [-0.2, 0) is 13.0 Å². The maximum atomic E-state index is 9.25. The number of aliphatic hydroxyl groups is 2. The first-order chi connectivity index (χ1) is 13.7. The number of aliphatic hydroxyl groups excluding tert-OH is 2. The Balaban J connectivity index is 1.43. The van der Waals surface area contributed by atoms with Crippen LogP contribution in [0.2, 0.25) is 0 Å². The Morgan fingerprint density at radius 1 is 1.14 bits per heavy atom. The van der Waals surface area contributed by atoms with E-state index < -0.39 is 0 Å². The molecule has 3 aromatic rings. The second-order valence-corrected chi connectivity index (χ2v) is 7.07. The molecule has 1 aromatic carbocycles. The quantitative estimate of drug-likeness (QED) is 0.644. The average Bonchev–Trinajstić information content (AvgIpc) is 3.02. The van der Waals surface area contributed by atoms with Crippen molar-refractivity contribution in [3.63, 3.8) is 0 Å². The molecule has 2 aromatic heterocycles. The van der Waals surface area contributed by atoms with E-state index in [0.717, 1.165) is 34.8 Å². The summed E-state index contributed by atoms with van der Waals surface area (Å²) in [6.45, 7) is 2.87. The van der Waals surface area contributed by atoms with Crippen molar-refractivity contribution in [2.45, 2.75) is 19.9 Å². The molecule has 2 N–H and O–H groups in total. The van der Waals surface area contributed by atoms with Crippen LogP contribution in [0, 0.1) is 29.6 Å². The van der Waals surface area contributed by atoms with Crippen LogP contribution >= 0.6 is 0 Å². The third-order valence-corrected chi connectivity index (χ3v) is 5.32. The third kappa shape index (κ3) is 3.72. The molecule has 6 heteroatoms. The second kappa shape index (κ2) is 8.01.